The number of aromatic nitrogens is 1. The van der Waals surface area contributed by atoms with Crippen LogP contribution in [0, 0.1) is 11.2 Å². The first-order valence-electron chi connectivity index (χ1n) is 12.7. The molecule has 1 amide bonds. The van der Waals surface area contributed by atoms with E-state index < -0.39 is 0 Å². The van der Waals surface area contributed by atoms with Crippen molar-refractivity contribution in [2.75, 3.05) is 64.0 Å². The van der Waals surface area contributed by atoms with Crippen molar-refractivity contribution in [1.29, 1.82) is 0 Å². The molecule has 3 aliphatic heterocycles. The Morgan fingerprint density at radius 2 is 1.94 bits per heavy atom. The lowest BCUT2D eigenvalue weighted by Gasteiger charge is -2.48. The van der Waals surface area contributed by atoms with Crippen LogP contribution in [0.2, 0.25) is 0 Å². The summed E-state index contributed by atoms with van der Waals surface area (Å²) in [5.41, 5.74) is -0.0874. The second-order valence-electron chi connectivity index (χ2n) is 10.6. The highest BCUT2D eigenvalue weighted by molar-refractivity contribution is 5.69. The van der Waals surface area contributed by atoms with Gasteiger partial charge in [-0.15, -0.1) is 0 Å². The average molecular weight is 477 g/mol. The summed E-state index contributed by atoms with van der Waals surface area (Å²) in [5, 5.41) is 0. The first-order chi connectivity index (χ1) is 16.4. The molecule has 1 spiro atoms. The van der Waals surface area contributed by atoms with Crippen LogP contribution < -0.4 is 9.64 Å². The van der Waals surface area contributed by atoms with Crippen molar-refractivity contribution in [1.82, 2.24) is 14.8 Å². The van der Waals surface area contributed by atoms with E-state index in [9.17, 15) is 9.18 Å². The van der Waals surface area contributed by atoms with Crippen LogP contribution >= 0.6 is 0 Å². The Morgan fingerprint density at radius 3 is 2.65 bits per heavy atom. The van der Waals surface area contributed by atoms with Gasteiger partial charge in [0.05, 0.1) is 26.0 Å². The van der Waals surface area contributed by atoms with Crippen LogP contribution in [0.25, 0.3) is 0 Å². The third-order valence-corrected chi connectivity index (χ3v) is 8.09. The molecule has 0 unspecified atom stereocenters. The molecule has 1 aliphatic carbocycles. The molecule has 34 heavy (non-hydrogen) atoms. The molecule has 4 heterocycles. The first-order valence-corrected chi connectivity index (χ1v) is 12.7. The zero-order valence-electron chi connectivity index (χ0n) is 20.4. The molecule has 3 saturated heterocycles. The van der Waals surface area contributed by atoms with Gasteiger partial charge >= 0.3 is 6.09 Å². The minimum absolute atomic E-state index is 0.176. The molecule has 1 aromatic rings. The number of hydrogen-bond acceptors (Lipinski definition) is 7. The van der Waals surface area contributed by atoms with Gasteiger partial charge in [0.25, 0.3) is 0 Å². The van der Waals surface area contributed by atoms with Crippen LogP contribution in [0.4, 0.5) is 15.0 Å². The smallest absolute Gasteiger partial charge is 0.409 e. The lowest BCUT2D eigenvalue weighted by Crippen LogP contribution is -2.58. The number of carbonyl (C=O) groups is 1. The standard InChI is InChI=1S/C25H37FN4O4/c1-3-33-23(31)30-17-25(18-30)5-4-20(15-25)28-8-10-29(11-9-28)22-21(14-19(26)16-27-22)34-24(2)6-12-32-13-7-24/h14,16,20H,3-13,15,17-18H2,1-2H3/t20-/m1/s1. The highest BCUT2D eigenvalue weighted by Crippen LogP contribution is 2.47. The highest BCUT2D eigenvalue weighted by Gasteiger charge is 2.51. The normalized spacial score (nSPS) is 26.4. The predicted octanol–water partition coefficient (Wildman–Crippen LogP) is 3.30. The largest absolute Gasteiger partial charge is 0.483 e. The first kappa shape index (κ1) is 23.6. The number of hydrogen-bond donors (Lipinski definition) is 0. The molecule has 0 aromatic carbocycles. The van der Waals surface area contributed by atoms with Gasteiger partial charge in [0.15, 0.2) is 11.6 Å². The lowest BCUT2D eigenvalue weighted by molar-refractivity contribution is -0.0343. The van der Waals surface area contributed by atoms with Gasteiger partial charge in [-0.25, -0.2) is 14.2 Å². The summed E-state index contributed by atoms with van der Waals surface area (Å²) in [6.07, 6.45) is 6.18. The molecular weight excluding hydrogens is 439 g/mol. The van der Waals surface area contributed by atoms with Crippen molar-refractivity contribution < 1.29 is 23.4 Å². The molecule has 5 rings (SSSR count). The number of amides is 1. The lowest BCUT2D eigenvalue weighted by atomic mass is 9.78. The van der Waals surface area contributed by atoms with Crippen LogP contribution in [-0.4, -0.2) is 91.6 Å². The number of likely N-dealkylation sites (tertiary alicyclic amines) is 1. The maximum atomic E-state index is 14.1. The Balaban J connectivity index is 1.17. The molecule has 8 nitrogen and oxygen atoms in total. The van der Waals surface area contributed by atoms with Crippen molar-refractivity contribution in [3.05, 3.63) is 18.1 Å². The van der Waals surface area contributed by atoms with Gasteiger partial charge in [-0.1, -0.05) is 0 Å². The molecule has 1 atom stereocenters. The molecule has 9 heteroatoms. The zero-order chi connectivity index (χ0) is 23.8. The second kappa shape index (κ2) is 9.49. The van der Waals surface area contributed by atoms with Gasteiger partial charge in [0.1, 0.15) is 11.4 Å². The SMILES string of the molecule is CCOC(=O)N1CC2(CC[C@@H](N3CCN(c4ncc(F)cc4OC4(C)CCOCC4)CC3)C2)C1. The molecule has 1 saturated carbocycles. The van der Waals surface area contributed by atoms with E-state index in [2.05, 4.69) is 21.7 Å². The Hall–Kier alpha value is -2.13. The minimum Gasteiger partial charge on any atom is -0.483 e. The third kappa shape index (κ3) is 4.82. The van der Waals surface area contributed by atoms with Crippen LogP contribution in [0.15, 0.2) is 12.3 Å². The highest BCUT2D eigenvalue weighted by atomic mass is 19.1. The summed E-state index contributed by atoms with van der Waals surface area (Å²) in [7, 11) is 0. The van der Waals surface area contributed by atoms with E-state index in [0.717, 1.165) is 64.3 Å². The fourth-order valence-corrected chi connectivity index (χ4v) is 6.08. The Kier molecular flexibility index (Phi) is 6.59. The fraction of sp³-hybridized carbons (Fsp3) is 0.760. The number of anilines is 1. The predicted molar refractivity (Wildman–Crippen MR) is 126 cm³/mol. The van der Waals surface area contributed by atoms with E-state index in [1.165, 1.54) is 25.1 Å². The van der Waals surface area contributed by atoms with Gasteiger partial charge in [-0.2, -0.15) is 0 Å². The van der Waals surface area contributed by atoms with Gasteiger partial charge in [-0.3, -0.25) is 4.90 Å². The third-order valence-electron chi connectivity index (χ3n) is 8.09. The van der Waals surface area contributed by atoms with Gasteiger partial charge in [0, 0.05) is 69.6 Å². The fourth-order valence-electron chi connectivity index (χ4n) is 6.08. The summed E-state index contributed by atoms with van der Waals surface area (Å²) >= 11 is 0. The monoisotopic (exact) mass is 476 g/mol. The molecule has 1 aromatic heterocycles. The summed E-state index contributed by atoms with van der Waals surface area (Å²) < 4.78 is 31.0. The molecular formula is C25H37FN4O4. The van der Waals surface area contributed by atoms with E-state index in [0.29, 0.717) is 31.6 Å². The molecule has 4 fully saturated rings. The maximum absolute atomic E-state index is 14.1. The summed E-state index contributed by atoms with van der Waals surface area (Å²) in [5.74, 6) is 0.897. The number of carbonyl (C=O) groups excluding carboxylic acids is 1. The minimum atomic E-state index is -0.373. The summed E-state index contributed by atoms with van der Waals surface area (Å²) in [6.45, 7) is 10.9. The molecule has 188 valence electrons. The van der Waals surface area contributed by atoms with E-state index in [4.69, 9.17) is 14.2 Å². The Morgan fingerprint density at radius 1 is 1.21 bits per heavy atom. The second-order valence-corrected chi connectivity index (χ2v) is 10.6. The van der Waals surface area contributed by atoms with Crippen LogP contribution in [-0.2, 0) is 9.47 Å². The van der Waals surface area contributed by atoms with Crippen molar-refractivity contribution in [2.24, 2.45) is 5.41 Å². The molecule has 4 aliphatic rings. The number of piperazine rings is 1. The number of pyridine rings is 1. The average Bonchev–Trinajstić information content (AvgIpc) is 3.25. The van der Waals surface area contributed by atoms with Crippen molar-refractivity contribution in [3.8, 4) is 5.75 Å². The van der Waals surface area contributed by atoms with Crippen LogP contribution in [0.1, 0.15) is 46.0 Å². The Labute approximate surface area is 201 Å². The summed E-state index contributed by atoms with van der Waals surface area (Å²) in [4.78, 5) is 23.0. The number of nitrogens with zero attached hydrogens (tertiary/aromatic N) is 4. The van der Waals surface area contributed by atoms with E-state index >= 15 is 0 Å². The number of halogens is 1. The summed E-state index contributed by atoms with van der Waals surface area (Å²) in [6, 6.07) is 2.03. The molecule has 0 N–H and O–H groups in total. The zero-order valence-corrected chi connectivity index (χ0v) is 20.4. The van der Waals surface area contributed by atoms with Crippen molar-refractivity contribution in [2.45, 2.75) is 57.6 Å². The number of rotatable bonds is 5. The number of ether oxygens (including phenoxy) is 3. The van der Waals surface area contributed by atoms with Gasteiger partial charge in [0.2, 0.25) is 0 Å². The van der Waals surface area contributed by atoms with E-state index in [-0.39, 0.29) is 22.9 Å². The van der Waals surface area contributed by atoms with Crippen molar-refractivity contribution in [3.63, 3.8) is 0 Å². The van der Waals surface area contributed by atoms with Crippen LogP contribution in [0.3, 0.4) is 0 Å². The van der Waals surface area contributed by atoms with Crippen LogP contribution in [0.5, 0.6) is 5.75 Å². The molecule has 0 radical (unpaired) electrons. The quantitative estimate of drug-likeness (QED) is 0.646. The van der Waals surface area contributed by atoms with E-state index in [1.54, 1.807) is 0 Å². The van der Waals surface area contributed by atoms with Gasteiger partial charge in [-0.05, 0) is 33.1 Å². The van der Waals surface area contributed by atoms with Crippen molar-refractivity contribution >= 4 is 11.9 Å². The Bertz CT molecular complexity index is 880. The van der Waals surface area contributed by atoms with Gasteiger partial charge < -0.3 is 24.0 Å². The van der Waals surface area contributed by atoms with E-state index in [1.807, 2.05) is 11.8 Å². The topological polar surface area (TPSA) is 67.4 Å². The molecule has 0 bridgehead atoms. The maximum Gasteiger partial charge on any atom is 0.409 e.